The van der Waals surface area contributed by atoms with Gasteiger partial charge in [0.1, 0.15) is 6.04 Å². The minimum atomic E-state index is -1.15. The van der Waals surface area contributed by atoms with Crippen molar-refractivity contribution in [3.05, 3.63) is 35.9 Å². The first-order valence-corrected chi connectivity index (χ1v) is 6.57. The summed E-state index contributed by atoms with van der Waals surface area (Å²) in [7, 11) is 0. The third kappa shape index (κ3) is 3.71. The fourth-order valence-electron chi connectivity index (χ4n) is 2.18. The van der Waals surface area contributed by atoms with Crippen molar-refractivity contribution in [3.8, 4) is 0 Å². The minimum absolute atomic E-state index is 0.00443. The van der Waals surface area contributed by atoms with Gasteiger partial charge in [-0.2, -0.15) is 0 Å². The maximum absolute atomic E-state index is 11.7. The zero-order valence-corrected chi connectivity index (χ0v) is 11.0. The smallest absolute Gasteiger partial charge is 0.326 e. The average Bonchev–Trinajstić information content (AvgIpc) is 3.18. The van der Waals surface area contributed by atoms with Crippen LogP contribution in [0.2, 0.25) is 0 Å². The van der Waals surface area contributed by atoms with Crippen molar-refractivity contribution in [2.45, 2.75) is 30.8 Å². The number of aliphatic hydroxyl groups is 1. The predicted molar refractivity (Wildman–Crippen MR) is 72.4 cm³/mol. The van der Waals surface area contributed by atoms with Crippen LogP contribution in [-0.4, -0.2) is 40.9 Å². The van der Waals surface area contributed by atoms with Crippen LogP contribution in [0.25, 0.3) is 0 Å². The van der Waals surface area contributed by atoms with Crippen LogP contribution in [0.4, 0.5) is 4.79 Å². The van der Waals surface area contributed by atoms with Gasteiger partial charge in [0.15, 0.2) is 0 Å². The Kier molecular flexibility index (Phi) is 4.57. The Labute approximate surface area is 116 Å². The highest BCUT2D eigenvalue weighted by atomic mass is 16.4. The highest BCUT2D eigenvalue weighted by Crippen LogP contribution is 2.40. The van der Waals surface area contributed by atoms with Gasteiger partial charge < -0.3 is 20.8 Å². The Hall–Kier alpha value is -2.08. The van der Waals surface area contributed by atoms with Crippen LogP contribution >= 0.6 is 0 Å². The van der Waals surface area contributed by atoms with E-state index in [0.29, 0.717) is 5.92 Å². The number of nitrogens with one attached hydrogen (secondary N) is 2. The Morgan fingerprint density at radius 3 is 2.60 bits per heavy atom. The number of carbonyl (C=O) groups excluding carboxylic acids is 1. The second-order valence-electron chi connectivity index (χ2n) is 4.88. The fraction of sp³-hybridized carbons (Fsp3) is 0.429. The molecular weight excluding hydrogens is 260 g/mol. The maximum atomic E-state index is 11.7. The van der Waals surface area contributed by atoms with Gasteiger partial charge in [-0.25, -0.2) is 9.59 Å². The molecule has 3 atom stereocenters. The van der Waals surface area contributed by atoms with E-state index >= 15 is 0 Å². The molecule has 2 amide bonds. The number of aliphatic carboxylic acids is 1. The van der Waals surface area contributed by atoms with Gasteiger partial charge in [-0.1, -0.05) is 30.3 Å². The molecule has 108 valence electrons. The number of hydrogen-bond donors (Lipinski definition) is 4. The first kappa shape index (κ1) is 14.3. The van der Waals surface area contributed by atoms with Crippen LogP contribution in [0.1, 0.15) is 24.3 Å². The van der Waals surface area contributed by atoms with E-state index in [2.05, 4.69) is 10.6 Å². The van der Waals surface area contributed by atoms with E-state index in [4.69, 9.17) is 10.2 Å². The van der Waals surface area contributed by atoms with Crippen LogP contribution < -0.4 is 10.6 Å². The summed E-state index contributed by atoms with van der Waals surface area (Å²) < 4.78 is 0. The van der Waals surface area contributed by atoms with Gasteiger partial charge in [0.05, 0.1) is 0 Å². The van der Waals surface area contributed by atoms with Crippen molar-refractivity contribution in [3.63, 3.8) is 0 Å². The zero-order chi connectivity index (χ0) is 14.5. The van der Waals surface area contributed by atoms with E-state index in [1.807, 2.05) is 30.3 Å². The van der Waals surface area contributed by atoms with Gasteiger partial charge in [-0.15, -0.1) is 0 Å². The molecule has 0 aliphatic heterocycles. The van der Waals surface area contributed by atoms with Gasteiger partial charge in [0.2, 0.25) is 0 Å². The first-order valence-electron chi connectivity index (χ1n) is 6.57. The number of benzene rings is 1. The molecule has 6 heteroatoms. The standard InChI is InChI=1S/C14H18N2O4/c17-7-6-11(13(18)19)15-14(20)16-12-8-10(12)9-4-2-1-3-5-9/h1-5,10-12,17H,6-8H2,(H,18,19)(H2,15,16,20). The van der Waals surface area contributed by atoms with E-state index in [9.17, 15) is 9.59 Å². The van der Waals surface area contributed by atoms with Crippen LogP contribution in [0.3, 0.4) is 0 Å². The number of hydrogen-bond acceptors (Lipinski definition) is 3. The predicted octanol–water partition coefficient (Wildman–Crippen LogP) is 0.677. The Bertz CT molecular complexity index is 477. The second kappa shape index (κ2) is 6.38. The lowest BCUT2D eigenvalue weighted by atomic mass is 10.1. The number of urea groups is 1. The molecule has 0 saturated heterocycles. The van der Waals surface area contributed by atoms with Crippen molar-refractivity contribution in [2.24, 2.45) is 0 Å². The molecule has 1 aliphatic rings. The number of amides is 2. The molecule has 4 N–H and O–H groups in total. The van der Waals surface area contributed by atoms with Crippen LogP contribution in [-0.2, 0) is 4.79 Å². The van der Waals surface area contributed by atoms with Crippen molar-refractivity contribution < 1.29 is 19.8 Å². The molecular formula is C14H18N2O4. The molecule has 1 aromatic carbocycles. The van der Waals surface area contributed by atoms with Crippen LogP contribution in [0.5, 0.6) is 0 Å². The van der Waals surface area contributed by atoms with Gasteiger partial charge in [0.25, 0.3) is 0 Å². The molecule has 1 saturated carbocycles. The molecule has 0 aromatic heterocycles. The molecule has 1 aromatic rings. The van der Waals surface area contributed by atoms with Crippen molar-refractivity contribution in [2.75, 3.05) is 6.61 Å². The molecule has 0 bridgehead atoms. The summed E-state index contributed by atoms with van der Waals surface area (Å²) >= 11 is 0. The molecule has 6 nitrogen and oxygen atoms in total. The normalized spacial score (nSPS) is 21.9. The van der Waals surface area contributed by atoms with E-state index in [0.717, 1.165) is 6.42 Å². The number of carbonyl (C=O) groups is 2. The van der Waals surface area contributed by atoms with E-state index < -0.39 is 18.0 Å². The summed E-state index contributed by atoms with van der Waals surface area (Å²) in [6.45, 7) is -0.284. The topological polar surface area (TPSA) is 98.7 Å². The lowest BCUT2D eigenvalue weighted by Gasteiger charge is -2.14. The van der Waals surface area contributed by atoms with Crippen LogP contribution in [0.15, 0.2) is 30.3 Å². The number of carboxylic acids is 1. The number of carboxylic acid groups (broad SMARTS) is 1. The maximum Gasteiger partial charge on any atom is 0.326 e. The van der Waals surface area contributed by atoms with E-state index in [1.165, 1.54) is 5.56 Å². The molecule has 1 fully saturated rings. The molecule has 0 heterocycles. The third-order valence-corrected chi connectivity index (χ3v) is 3.36. The number of rotatable bonds is 6. The lowest BCUT2D eigenvalue weighted by Crippen LogP contribution is -2.47. The summed E-state index contributed by atoms with van der Waals surface area (Å²) in [4.78, 5) is 22.6. The van der Waals surface area contributed by atoms with Gasteiger partial charge in [0, 0.05) is 25.0 Å². The lowest BCUT2D eigenvalue weighted by molar-refractivity contribution is -0.139. The zero-order valence-electron chi connectivity index (χ0n) is 11.0. The minimum Gasteiger partial charge on any atom is -0.480 e. The van der Waals surface area contributed by atoms with Crippen molar-refractivity contribution in [1.82, 2.24) is 10.6 Å². The van der Waals surface area contributed by atoms with Crippen molar-refractivity contribution in [1.29, 1.82) is 0 Å². The SMILES string of the molecule is O=C(NC(CCO)C(=O)O)NC1CC1c1ccccc1. The summed E-state index contributed by atoms with van der Waals surface area (Å²) in [5, 5.41) is 22.7. The largest absolute Gasteiger partial charge is 0.480 e. The molecule has 2 rings (SSSR count). The fourth-order valence-corrected chi connectivity index (χ4v) is 2.18. The average molecular weight is 278 g/mol. The summed E-state index contributed by atoms with van der Waals surface area (Å²) in [6, 6.07) is 8.34. The quantitative estimate of drug-likeness (QED) is 0.615. The molecule has 1 aliphatic carbocycles. The summed E-state index contributed by atoms with van der Waals surface area (Å²) in [6.07, 6.45) is 0.852. The molecule has 0 radical (unpaired) electrons. The number of aliphatic hydroxyl groups excluding tert-OH is 1. The van der Waals surface area contributed by atoms with Crippen molar-refractivity contribution >= 4 is 12.0 Å². The first-order chi connectivity index (χ1) is 9.61. The van der Waals surface area contributed by atoms with Gasteiger partial charge >= 0.3 is 12.0 Å². The molecule has 20 heavy (non-hydrogen) atoms. The summed E-state index contributed by atoms with van der Waals surface area (Å²) in [5.41, 5.74) is 1.17. The van der Waals surface area contributed by atoms with E-state index in [-0.39, 0.29) is 19.1 Å². The van der Waals surface area contributed by atoms with Gasteiger partial charge in [-0.05, 0) is 12.0 Å². The third-order valence-electron chi connectivity index (χ3n) is 3.36. The highest BCUT2D eigenvalue weighted by molar-refractivity contribution is 5.82. The van der Waals surface area contributed by atoms with Crippen LogP contribution in [0, 0.1) is 0 Å². The Balaban J connectivity index is 1.80. The van der Waals surface area contributed by atoms with E-state index in [1.54, 1.807) is 0 Å². The Morgan fingerprint density at radius 1 is 1.30 bits per heavy atom. The molecule has 3 unspecified atom stereocenters. The highest BCUT2D eigenvalue weighted by Gasteiger charge is 2.39. The Morgan fingerprint density at radius 2 is 2.00 bits per heavy atom. The van der Waals surface area contributed by atoms with Gasteiger partial charge in [-0.3, -0.25) is 0 Å². The monoisotopic (exact) mass is 278 g/mol. The second-order valence-corrected chi connectivity index (χ2v) is 4.88. The summed E-state index contributed by atoms with van der Waals surface area (Å²) in [5.74, 6) is -0.854. The molecule has 0 spiro atoms.